The zero-order valence-corrected chi connectivity index (χ0v) is 12.2. The fourth-order valence-electron chi connectivity index (χ4n) is 2.13. The smallest absolute Gasteiger partial charge is 0.153 e. The molecule has 3 rings (SSSR count). The van der Waals surface area contributed by atoms with Gasteiger partial charge in [-0.2, -0.15) is 5.10 Å². The van der Waals surface area contributed by atoms with Crippen LogP contribution in [-0.4, -0.2) is 16.1 Å². The molecule has 0 aliphatic carbocycles. The quantitative estimate of drug-likeness (QED) is 0.684. The average molecular weight is 300 g/mol. The molecule has 0 N–H and O–H groups in total. The van der Waals surface area contributed by atoms with Crippen molar-refractivity contribution >= 4 is 17.6 Å². The van der Waals surface area contributed by atoms with Gasteiger partial charge in [0, 0.05) is 11.1 Å². The normalized spacial score (nSPS) is 10.8. The Morgan fingerprint density at radius 3 is 2.62 bits per heavy atom. The largest absolute Gasteiger partial charge is 0.298 e. The summed E-state index contributed by atoms with van der Waals surface area (Å²) in [5.41, 5.74) is 2.20. The minimum atomic E-state index is -0.262. The summed E-state index contributed by atoms with van der Waals surface area (Å²) in [5, 5.41) is 4.48. The van der Waals surface area contributed by atoms with Gasteiger partial charge in [0.1, 0.15) is 11.5 Å². The van der Waals surface area contributed by atoms with Crippen molar-refractivity contribution in [1.82, 2.24) is 9.78 Å². The summed E-state index contributed by atoms with van der Waals surface area (Å²) in [6, 6.07) is 10.2. The summed E-state index contributed by atoms with van der Waals surface area (Å²) in [5.74, 6) is -0.262. The topological polar surface area (TPSA) is 34.9 Å². The van der Waals surface area contributed by atoms with Crippen molar-refractivity contribution < 1.29 is 9.18 Å². The monoisotopic (exact) mass is 300 g/mol. The van der Waals surface area contributed by atoms with E-state index in [2.05, 4.69) is 5.10 Å². The number of rotatable bonds is 4. The first kappa shape index (κ1) is 13.7. The molecule has 0 fully saturated rings. The molecule has 0 aliphatic rings. The van der Waals surface area contributed by atoms with Crippen LogP contribution in [0.3, 0.4) is 0 Å². The molecule has 0 aliphatic heterocycles. The fraction of sp³-hybridized carbons (Fsp3) is 0.125. The number of benzene rings is 1. The molecule has 1 aromatic carbocycles. The van der Waals surface area contributed by atoms with Crippen LogP contribution in [0.2, 0.25) is 0 Å². The van der Waals surface area contributed by atoms with Gasteiger partial charge in [-0.25, -0.2) is 4.39 Å². The van der Waals surface area contributed by atoms with Crippen molar-refractivity contribution in [2.45, 2.75) is 13.5 Å². The van der Waals surface area contributed by atoms with Crippen LogP contribution in [0.1, 0.15) is 20.8 Å². The van der Waals surface area contributed by atoms with E-state index >= 15 is 0 Å². The van der Waals surface area contributed by atoms with E-state index in [0.29, 0.717) is 17.8 Å². The Balaban J connectivity index is 1.92. The second-order valence-electron chi connectivity index (χ2n) is 4.79. The molecule has 0 spiro atoms. The van der Waals surface area contributed by atoms with Gasteiger partial charge in [0.15, 0.2) is 6.29 Å². The summed E-state index contributed by atoms with van der Waals surface area (Å²) in [4.78, 5) is 13.4. The first-order valence-corrected chi connectivity index (χ1v) is 7.31. The van der Waals surface area contributed by atoms with Crippen molar-refractivity contribution in [3.05, 3.63) is 64.4 Å². The van der Waals surface area contributed by atoms with E-state index < -0.39 is 0 Å². The molecule has 5 heteroatoms. The first-order chi connectivity index (χ1) is 10.2. The van der Waals surface area contributed by atoms with Crippen LogP contribution in [0, 0.1) is 12.7 Å². The standard InChI is InChI=1S/C16H13FN2OS/c1-11-2-7-15(21-11)16-13(10-20)9-19(18-16)8-12-3-5-14(17)6-4-12/h2-7,9-10H,8H2,1H3. The highest BCUT2D eigenvalue weighted by molar-refractivity contribution is 7.15. The molecule has 3 aromatic rings. The molecule has 2 heterocycles. The molecular weight excluding hydrogens is 287 g/mol. The zero-order valence-electron chi connectivity index (χ0n) is 11.4. The van der Waals surface area contributed by atoms with Gasteiger partial charge in [-0.1, -0.05) is 12.1 Å². The van der Waals surface area contributed by atoms with Crippen LogP contribution in [-0.2, 0) is 6.54 Å². The summed E-state index contributed by atoms with van der Waals surface area (Å²) < 4.78 is 14.6. The molecule has 21 heavy (non-hydrogen) atoms. The van der Waals surface area contributed by atoms with Crippen molar-refractivity contribution in [2.24, 2.45) is 0 Å². The number of nitrogens with zero attached hydrogens (tertiary/aromatic N) is 2. The Labute approximate surface area is 125 Å². The third-order valence-electron chi connectivity index (χ3n) is 3.15. The summed E-state index contributed by atoms with van der Waals surface area (Å²) in [7, 11) is 0. The highest BCUT2D eigenvalue weighted by Crippen LogP contribution is 2.28. The number of halogens is 1. The van der Waals surface area contributed by atoms with Gasteiger partial charge in [-0.3, -0.25) is 9.48 Å². The Kier molecular flexibility index (Phi) is 3.66. The molecule has 3 nitrogen and oxygen atoms in total. The van der Waals surface area contributed by atoms with Gasteiger partial charge in [0.25, 0.3) is 0 Å². The Bertz CT molecular complexity index is 774. The average Bonchev–Trinajstić information content (AvgIpc) is 3.07. The lowest BCUT2D eigenvalue weighted by molar-refractivity contribution is 0.112. The summed E-state index contributed by atoms with van der Waals surface area (Å²) >= 11 is 1.61. The SMILES string of the molecule is Cc1ccc(-c2nn(Cc3ccc(F)cc3)cc2C=O)s1. The predicted octanol–water partition coefficient (Wildman–Crippen LogP) is 3.92. The Morgan fingerprint density at radius 2 is 2.00 bits per heavy atom. The lowest BCUT2D eigenvalue weighted by atomic mass is 10.2. The molecule has 0 bridgehead atoms. The van der Waals surface area contributed by atoms with Crippen molar-refractivity contribution in [1.29, 1.82) is 0 Å². The van der Waals surface area contributed by atoms with Crippen molar-refractivity contribution in [3.63, 3.8) is 0 Å². The summed E-state index contributed by atoms with van der Waals surface area (Å²) in [6.07, 6.45) is 2.54. The number of carbonyl (C=O) groups is 1. The first-order valence-electron chi connectivity index (χ1n) is 6.49. The van der Waals surface area contributed by atoms with E-state index in [1.54, 1.807) is 34.3 Å². The van der Waals surface area contributed by atoms with Crippen LogP contribution in [0.5, 0.6) is 0 Å². The number of carbonyl (C=O) groups excluding carboxylic acids is 1. The molecule has 0 saturated carbocycles. The van der Waals surface area contributed by atoms with Gasteiger partial charge < -0.3 is 0 Å². The van der Waals surface area contributed by atoms with E-state index in [1.165, 1.54) is 17.0 Å². The summed E-state index contributed by atoms with van der Waals surface area (Å²) in [6.45, 7) is 2.52. The zero-order chi connectivity index (χ0) is 14.8. The minimum Gasteiger partial charge on any atom is -0.298 e. The maximum Gasteiger partial charge on any atom is 0.153 e. The number of hydrogen-bond acceptors (Lipinski definition) is 3. The molecule has 0 amide bonds. The number of aromatic nitrogens is 2. The third kappa shape index (κ3) is 2.92. The number of hydrogen-bond donors (Lipinski definition) is 0. The molecule has 106 valence electrons. The molecule has 0 atom stereocenters. The van der Waals surface area contributed by atoms with E-state index in [1.807, 2.05) is 19.1 Å². The minimum absolute atomic E-state index is 0.262. The Morgan fingerprint density at radius 1 is 1.24 bits per heavy atom. The lowest BCUT2D eigenvalue weighted by Crippen LogP contribution is -2.00. The third-order valence-corrected chi connectivity index (χ3v) is 4.16. The molecular formula is C16H13FN2OS. The lowest BCUT2D eigenvalue weighted by Gasteiger charge is -2.01. The maximum atomic E-state index is 12.9. The van der Waals surface area contributed by atoms with E-state index in [9.17, 15) is 9.18 Å². The molecule has 0 unspecified atom stereocenters. The van der Waals surface area contributed by atoms with Crippen molar-refractivity contribution in [2.75, 3.05) is 0 Å². The van der Waals surface area contributed by atoms with Crippen LogP contribution < -0.4 is 0 Å². The number of thiophene rings is 1. The molecule has 2 aromatic heterocycles. The van der Waals surface area contributed by atoms with Crippen molar-refractivity contribution in [3.8, 4) is 10.6 Å². The van der Waals surface area contributed by atoms with Crippen LogP contribution >= 0.6 is 11.3 Å². The second-order valence-corrected chi connectivity index (χ2v) is 6.07. The van der Waals surface area contributed by atoms with E-state index in [0.717, 1.165) is 16.7 Å². The van der Waals surface area contributed by atoms with Gasteiger partial charge in [0.05, 0.1) is 17.0 Å². The molecule has 0 saturated heterocycles. The highest BCUT2D eigenvalue weighted by Gasteiger charge is 2.12. The van der Waals surface area contributed by atoms with Gasteiger partial charge in [-0.05, 0) is 36.8 Å². The van der Waals surface area contributed by atoms with Crippen LogP contribution in [0.4, 0.5) is 4.39 Å². The van der Waals surface area contributed by atoms with E-state index in [-0.39, 0.29) is 5.82 Å². The molecule has 0 radical (unpaired) electrons. The second kappa shape index (κ2) is 5.61. The predicted molar refractivity (Wildman–Crippen MR) is 81.2 cm³/mol. The number of aryl methyl sites for hydroxylation is 1. The van der Waals surface area contributed by atoms with E-state index in [4.69, 9.17) is 0 Å². The van der Waals surface area contributed by atoms with Crippen LogP contribution in [0.25, 0.3) is 10.6 Å². The Hall–Kier alpha value is -2.27. The fourth-order valence-corrected chi connectivity index (χ4v) is 3.01. The maximum absolute atomic E-state index is 12.9. The van der Waals surface area contributed by atoms with Gasteiger partial charge >= 0.3 is 0 Å². The van der Waals surface area contributed by atoms with Gasteiger partial charge in [-0.15, -0.1) is 11.3 Å². The van der Waals surface area contributed by atoms with Gasteiger partial charge in [0.2, 0.25) is 0 Å². The highest BCUT2D eigenvalue weighted by atomic mass is 32.1. The number of aldehydes is 1. The van der Waals surface area contributed by atoms with Crippen LogP contribution in [0.15, 0.2) is 42.6 Å².